The van der Waals surface area contributed by atoms with Gasteiger partial charge in [-0.1, -0.05) is 26.7 Å². The molecule has 0 aliphatic heterocycles. The van der Waals surface area contributed by atoms with Gasteiger partial charge in [-0.3, -0.25) is 4.79 Å². The molecule has 1 aliphatic carbocycles. The van der Waals surface area contributed by atoms with Crippen LogP contribution in [-0.2, 0) is 19.9 Å². The molecule has 3 rings (SSSR count). The van der Waals surface area contributed by atoms with Crippen LogP contribution in [0.25, 0.3) is 0 Å². The third-order valence-electron chi connectivity index (χ3n) is 4.81. The molecule has 5 heteroatoms. The van der Waals surface area contributed by atoms with Crippen LogP contribution < -0.4 is 5.32 Å². The van der Waals surface area contributed by atoms with Gasteiger partial charge in [0.25, 0.3) is 5.91 Å². The smallest absolute Gasteiger partial charge is 0.261 e. The van der Waals surface area contributed by atoms with Crippen molar-refractivity contribution >= 4 is 17.2 Å². The zero-order valence-corrected chi connectivity index (χ0v) is 15.7. The summed E-state index contributed by atoms with van der Waals surface area (Å²) in [7, 11) is 1.97. The molecule has 0 aromatic carbocycles. The first-order valence-corrected chi connectivity index (χ1v) is 9.77. The van der Waals surface area contributed by atoms with Crippen LogP contribution in [0.5, 0.6) is 0 Å². The quantitative estimate of drug-likeness (QED) is 0.899. The van der Waals surface area contributed by atoms with Gasteiger partial charge in [-0.2, -0.15) is 0 Å². The van der Waals surface area contributed by atoms with Crippen molar-refractivity contribution in [3.8, 4) is 0 Å². The fraction of sp³-hybridized carbons (Fsp3) is 0.579. The molecule has 0 radical (unpaired) electrons. The van der Waals surface area contributed by atoms with E-state index in [1.165, 1.54) is 36.1 Å². The van der Waals surface area contributed by atoms with E-state index in [-0.39, 0.29) is 17.9 Å². The van der Waals surface area contributed by atoms with Crippen molar-refractivity contribution in [2.75, 3.05) is 0 Å². The van der Waals surface area contributed by atoms with E-state index in [1.54, 1.807) is 17.5 Å². The zero-order chi connectivity index (χ0) is 17.1. The number of hydrogen-bond acceptors (Lipinski definition) is 3. The molecule has 1 amide bonds. The van der Waals surface area contributed by atoms with Gasteiger partial charge in [0.1, 0.15) is 5.82 Å². The fourth-order valence-electron chi connectivity index (χ4n) is 3.37. The summed E-state index contributed by atoms with van der Waals surface area (Å²) in [5.74, 6) is 1.23. The molecule has 1 aliphatic rings. The number of carbonyl (C=O) groups is 1. The van der Waals surface area contributed by atoms with Gasteiger partial charge < -0.3 is 9.88 Å². The van der Waals surface area contributed by atoms with Crippen LogP contribution in [0.4, 0.5) is 0 Å². The number of rotatable bonds is 4. The second-order valence-corrected chi connectivity index (χ2v) is 8.20. The van der Waals surface area contributed by atoms with Crippen molar-refractivity contribution in [2.45, 2.75) is 58.4 Å². The molecule has 0 fully saturated rings. The van der Waals surface area contributed by atoms with Crippen molar-refractivity contribution in [3.05, 3.63) is 39.6 Å². The Morgan fingerprint density at radius 2 is 2.00 bits per heavy atom. The summed E-state index contributed by atoms with van der Waals surface area (Å²) < 4.78 is 1.98. The molecular weight excluding hydrogens is 318 g/mol. The summed E-state index contributed by atoms with van der Waals surface area (Å²) in [5.41, 5.74) is 1.39. The number of amides is 1. The first-order valence-electron chi connectivity index (χ1n) is 8.96. The van der Waals surface area contributed by atoms with Crippen LogP contribution >= 0.6 is 11.3 Å². The van der Waals surface area contributed by atoms with Crippen molar-refractivity contribution in [1.29, 1.82) is 0 Å². The van der Waals surface area contributed by atoms with E-state index in [9.17, 15) is 4.79 Å². The maximum Gasteiger partial charge on any atom is 0.261 e. The summed E-state index contributed by atoms with van der Waals surface area (Å²) in [4.78, 5) is 19.5. The van der Waals surface area contributed by atoms with E-state index in [0.29, 0.717) is 0 Å². The molecule has 1 atom stereocenters. The van der Waals surface area contributed by atoms with Crippen LogP contribution in [0, 0.1) is 5.92 Å². The molecule has 4 nitrogen and oxygen atoms in total. The Hall–Kier alpha value is -1.62. The summed E-state index contributed by atoms with van der Waals surface area (Å²) in [5, 5.41) is 3.20. The minimum Gasteiger partial charge on any atom is -0.341 e. The largest absolute Gasteiger partial charge is 0.341 e. The van der Waals surface area contributed by atoms with Crippen molar-refractivity contribution in [2.24, 2.45) is 13.0 Å². The van der Waals surface area contributed by atoms with Crippen LogP contribution in [0.15, 0.2) is 18.5 Å². The topological polar surface area (TPSA) is 46.9 Å². The average Bonchev–Trinajstić information content (AvgIpc) is 3.11. The lowest BCUT2D eigenvalue weighted by atomic mass is 9.99. The van der Waals surface area contributed by atoms with Crippen LogP contribution in [-0.4, -0.2) is 15.5 Å². The summed E-state index contributed by atoms with van der Waals surface area (Å²) >= 11 is 1.68. The Kier molecular flexibility index (Phi) is 5.39. The Balaban J connectivity index is 1.78. The molecule has 1 N–H and O–H groups in total. The number of aryl methyl sites for hydroxylation is 3. The second kappa shape index (κ2) is 7.51. The number of imidazole rings is 1. The third kappa shape index (κ3) is 3.72. The fourth-order valence-corrected chi connectivity index (χ4v) is 4.53. The van der Waals surface area contributed by atoms with E-state index in [4.69, 9.17) is 0 Å². The first kappa shape index (κ1) is 17.2. The first-order chi connectivity index (χ1) is 11.6. The highest BCUT2D eigenvalue weighted by Crippen LogP contribution is 2.29. The second-order valence-electron chi connectivity index (χ2n) is 7.06. The van der Waals surface area contributed by atoms with Gasteiger partial charge in [-0.25, -0.2) is 4.98 Å². The molecule has 0 unspecified atom stereocenters. The van der Waals surface area contributed by atoms with Gasteiger partial charge in [-0.05, 0) is 43.2 Å². The number of nitrogens with zero attached hydrogens (tertiary/aromatic N) is 2. The van der Waals surface area contributed by atoms with Crippen molar-refractivity contribution in [3.63, 3.8) is 0 Å². The number of aromatic nitrogens is 2. The SMILES string of the molecule is CC(C)[C@@H](NC(=O)c1cc2c(s1)CCCCCC2)c1nccn1C. The molecule has 130 valence electrons. The van der Waals surface area contributed by atoms with Gasteiger partial charge in [0, 0.05) is 24.3 Å². The maximum absolute atomic E-state index is 12.8. The van der Waals surface area contributed by atoms with Gasteiger partial charge in [0.2, 0.25) is 0 Å². The van der Waals surface area contributed by atoms with Crippen LogP contribution in [0.2, 0.25) is 0 Å². The highest BCUT2D eigenvalue weighted by atomic mass is 32.1. The monoisotopic (exact) mass is 345 g/mol. The highest BCUT2D eigenvalue weighted by Gasteiger charge is 2.24. The normalized spacial score (nSPS) is 16.3. The molecule has 0 saturated carbocycles. The number of nitrogens with one attached hydrogen (secondary N) is 1. The number of hydrogen-bond donors (Lipinski definition) is 1. The predicted octanol–water partition coefficient (Wildman–Crippen LogP) is 4.27. The molecule has 2 aromatic rings. The standard InChI is InChI=1S/C19H27N3OS/c1-13(2)17(18-20-10-11-22(18)3)21-19(23)16-12-14-8-6-4-5-7-9-15(14)24-16/h10-13,17H,4-9H2,1-3H3,(H,21,23)/t17-/m1/s1. The van der Waals surface area contributed by atoms with Gasteiger partial charge >= 0.3 is 0 Å². The highest BCUT2D eigenvalue weighted by molar-refractivity contribution is 7.14. The number of fused-ring (bicyclic) bond motifs is 1. The Morgan fingerprint density at radius 1 is 1.25 bits per heavy atom. The van der Waals surface area contributed by atoms with Crippen molar-refractivity contribution in [1.82, 2.24) is 14.9 Å². The van der Waals surface area contributed by atoms with Crippen molar-refractivity contribution < 1.29 is 4.79 Å². The molecule has 2 heterocycles. The summed E-state index contributed by atoms with van der Waals surface area (Å²) in [6, 6.07) is 2.05. The molecule has 2 aromatic heterocycles. The van der Waals surface area contributed by atoms with Gasteiger partial charge in [0.05, 0.1) is 10.9 Å². The summed E-state index contributed by atoms with van der Waals surface area (Å²) in [6.07, 6.45) is 11.1. The molecular formula is C19H27N3OS. The van der Waals surface area contributed by atoms with E-state index >= 15 is 0 Å². The Labute approximate surface area is 148 Å². The lowest BCUT2D eigenvalue weighted by molar-refractivity contribution is 0.0926. The number of thiophene rings is 1. The van der Waals surface area contributed by atoms with Crippen LogP contribution in [0.3, 0.4) is 0 Å². The predicted molar refractivity (Wildman–Crippen MR) is 98.4 cm³/mol. The lowest BCUT2D eigenvalue weighted by Gasteiger charge is -2.21. The molecule has 0 saturated heterocycles. The minimum atomic E-state index is -0.0674. The molecule has 0 spiro atoms. The van der Waals surface area contributed by atoms with Gasteiger partial charge in [0.15, 0.2) is 0 Å². The van der Waals surface area contributed by atoms with E-state index in [1.807, 2.05) is 17.8 Å². The Morgan fingerprint density at radius 3 is 2.67 bits per heavy atom. The molecule has 24 heavy (non-hydrogen) atoms. The van der Waals surface area contributed by atoms with Gasteiger partial charge in [-0.15, -0.1) is 11.3 Å². The minimum absolute atomic E-state index is 0.0356. The Bertz CT molecular complexity index is 676. The third-order valence-corrected chi connectivity index (χ3v) is 6.05. The van der Waals surface area contributed by atoms with Crippen LogP contribution in [0.1, 0.15) is 71.5 Å². The summed E-state index contributed by atoms with van der Waals surface area (Å²) in [6.45, 7) is 4.24. The van der Waals surface area contributed by atoms with E-state index in [2.05, 4.69) is 30.2 Å². The van der Waals surface area contributed by atoms with E-state index in [0.717, 1.165) is 23.5 Å². The average molecular weight is 346 g/mol. The lowest BCUT2D eigenvalue weighted by Crippen LogP contribution is -2.33. The molecule has 0 bridgehead atoms. The van der Waals surface area contributed by atoms with E-state index < -0.39 is 0 Å². The zero-order valence-electron chi connectivity index (χ0n) is 14.8. The number of carbonyl (C=O) groups excluding carboxylic acids is 1. The maximum atomic E-state index is 12.8.